The summed E-state index contributed by atoms with van der Waals surface area (Å²) in [5, 5.41) is 7.98. The van der Waals surface area contributed by atoms with Crippen LogP contribution >= 0.6 is 11.3 Å². The molecule has 0 atom stereocenters. The first-order chi connectivity index (χ1) is 12.6. The van der Waals surface area contributed by atoms with E-state index in [1.807, 2.05) is 40.6 Å². The van der Waals surface area contributed by atoms with Crippen LogP contribution in [0.15, 0.2) is 46.6 Å². The summed E-state index contributed by atoms with van der Waals surface area (Å²) in [7, 11) is 0. The van der Waals surface area contributed by atoms with Crippen molar-refractivity contribution >= 4 is 28.0 Å². The highest BCUT2D eigenvalue weighted by Crippen LogP contribution is 2.28. The number of aromatic nitrogens is 2. The van der Waals surface area contributed by atoms with Crippen molar-refractivity contribution in [3.05, 3.63) is 52.1 Å². The molecule has 1 saturated heterocycles. The highest BCUT2D eigenvalue weighted by molar-refractivity contribution is 7.13. The van der Waals surface area contributed by atoms with Crippen LogP contribution in [0.2, 0.25) is 0 Å². The molecule has 0 aliphatic carbocycles. The second kappa shape index (κ2) is 7.03. The summed E-state index contributed by atoms with van der Waals surface area (Å²) in [5.41, 5.74) is 0.551. The highest BCUT2D eigenvalue weighted by Gasteiger charge is 2.22. The van der Waals surface area contributed by atoms with Gasteiger partial charge < -0.3 is 4.90 Å². The average Bonchev–Trinajstić information content (AvgIpc) is 3.19. The molecule has 0 N–H and O–H groups in total. The first-order valence-electron chi connectivity index (χ1n) is 8.95. The van der Waals surface area contributed by atoms with Gasteiger partial charge in [0.15, 0.2) is 0 Å². The fourth-order valence-corrected chi connectivity index (χ4v) is 4.15. The third-order valence-corrected chi connectivity index (χ3v) is 5.92. The van der Waals surface area contributed by atoms with Crippen LogP contribution in [-0.2, 0) is 11.3 Å². The van der Waals surface area contributed by atoms with E-state index < -0.39 is 0 Å². The molecular weight excluding hydrogens is 346 g/mol. The molecule has 0 bridgehead atoms. The number of hydrogen-bond acceptors (Lipinski definition) is 4. The molecule has 0 saturated carbocycles. The quantitative estimate of drug-likeness (QED) is 0.713. The standard InChI is InChI=1S/C20H21N3O2S/c1-14-8-10-22(11-9-14)18(24)13-23-20(25)16-6-3-2-5-15(16)19(21-23)17-7-4-12-26-17/h2-7,12,14H,8-11,13H2,1H3. The Morgan fingerprint density at radius 1 is 1.15 bits per heavy atom. The smallest absolute Gasteiger partial charge is 0.275 e. The van der Waals surface area contributed by atoms with Crippen molar-refractivity contribution in [2.45, 2.75) is 26.3 Å². The number of rotatable bonds is 3. The number of likely N-dealkylation sites (tertiary alicyclic amines) is 1. The normalized spacial score (nSPS) is 15.5. The van der Waals surface area contributed by atoms with Crippen molar-refractivity contribution in [2.75, 3.05) is 13.1 Å². The zero-order chi connectivity index (χ0) is 18.1. The second-order valence-corrected chi connectivity index (χ2v) is 7.85. The maximum absolute atomic E-state index is 12.9. The van der Waals surface area contributed by atoms with Crippen LogP contribution in [0.4, 0.5) is 0 Å². The van der Waals surface area contributed by atoms with Gasteiger partial charge in [0.1, 0.15) is 12.2 Å². The van der Waals surface area contributed by atoms with E-state index in [2.05, 4.69) is 12.0 Å². The van der Waals surface area contributed by atoms with Crippen molar-refractivity contribution in [3.8, 4) is 10.6 Å². The zero-order valence-electron chi connectivity index (χ0n) is 14.7. The summed E-state index contributed by atoms with van der Waals surface area (Å²) in [4.78, 5) is 28.4. The zero-order valence-corrected chi connectivity index (χ0v) is 15.5. The van der Waals surface area contributed by atoms with Gasteiger partial charge in [0, 0.05) is 18.5 Å². The summed E-state index contributed by atoms with van der Waals surface area (Å²) in [6.45, 7) is 3.74. The average molecular weight is 367 g/mol. The van der Waals surface area contributed by atoms with Gasteiger partial charge in [-0.1, -0.05) is 31.2 Å². The molecule has 1 aliphatic heterocycles. The molecule has 1 fully saturated rings. The second-order valence-electron chi connectivity index (χ2n) is 6.90. The molecule has 3 heterocycles. The molecule has 0 spiro atoms. The lowest BCUT2D eigenvalue weighted by molar-refractivity contribution is -0.133. The predicted molar refractivity (Wildman–Crippen MR) is 104 cm³/mol. The fourth-order valence-electron chi connectivity index (χ4n) is 3.42. The number of amides is 1. The molecule has 0 unspecified atom stereocenters. The van der Waals surface area contributed by atoms with Crippen molar-refractivity contribution in [1.82, 2.24) is 14.7 Å². The number of fused-ring (bicyclic) bond motifs is 1. The van der Waals surface area contributed by atoms with Gasteiger partial charge in [0.05, 0.1) is 10.3 Å². The van der Waals surface area contributed by atoms with E-state index in [1.165, 1.54) is 4.68 Å². The summed E-state index contributed by atoms with van der Waals surface area (Å²) >= 11 is 1.58. The summed E-state index contributed by atoms with van der Waals surface area (Å²) in [6, 6.07) is 11.4. The molecule has 5 nitrogen and oxygen atoms in total. The molecule has 4 rings (SSSR count). The van der Waals surface area contributed by atoms with Gasteiger partial charge in [-0.05, 0) is 36.3 Å². The Balaban J connectivity index is 1.72. The number of piperidine rings is 1. The third-order valence-electron chi connectivity index (χ3n) is 5.04. The van der Waals surface area contributed by atoms with Crippen molar-refractivity contribution < 1.29 is 4.79 Å². The van der Waals surface area contributed by atoms with Gasteiger partial charge in [0.2, 0.25) is 5.91 Å². The lowest BCUT2D eigenvalue weighted by Gasteiger charge is -2.30. The Labute approximate surface area is 155 Å². The largest absolute Gasteiger partial charge is 0.341 e. The monoisotopic (exact) mass is 367 g/mol. The summed E-state index contributed by atoms with van der Waals surface area (Å²) in [6.07, 6.45) is 2.04. The number of carbonyl (C=O) groups is 1. The van der Waals surface area contributed by atoms with Crippen LogP contribution in [0.1, 0.15) is 19.8 Å². The number of nitrogens with zero attached hydrogens (tertiary/aromatic N) is 3. The van der Waals surface area contributed by atoms with Crippen LogP contribution in [0.5, 0.6) is 0 Å². The maximum Gasteiger partial charge on any atom is 0.275 e. The molecule has 134 valence electrons. The molecule has 3 aromatic rings. The number of hydrogen-bond donors (Lipinski definition) is 0. The molecule has 1 aromatic carbocycles. The molecule has 0 radical (unpaired) electrons. The Hall–Kier alpha value is -2.47. The Kier molecular flexibility index (Phi) is 4.59. The van der Waals surface area contributed by atoms with Crippen molar-refractivity contribution in [1.29, 1.82) is 0 Å². The maximum atomic E-state index is 12.9. The fraction of sp³-hybridized carbons (Fsp3) is 0.350. The third kappa shape index (κ3) is 3.17. The SMILES string of the molecule is CC1CCN(C(=O)Cn2nc(-c3cccs3)c3ccccc3c2=O)CC1. The van der Waals surface area contributed by atoms with Crippen LogP contribution in [0, 0.1) is 5.92 Å². The summed E-state index contributed by atoms with van der Waals surface area (Å²) < 4.78 is 1.33. The van der Waals surface area contributed by atoms with Crippen LogP contribution in [-0.4, -0.2) is 33.7 Å². The van der Waals surface area contributed by atoms with Gasteiger partial charge in [-0.25, -0.2) is 4.68 Å². The van der Waals surface area contributed by atoms with Gasteiger partial charge in [0.25, 0.3) is 5.56 Å². The van der Waals surface area contributed by atoms with Gasteiger partial charge in [-0.15, -0.1) is 11.3 Å². The van der Waals surface area contributed by atoms with E-state index in [-0.39, 0.29) is 18.0 Å². The topological polar surface area (TPSA) is 55.2 Å². The first kappa shape index (κ1) is 17.0. The van der Waals surface area contributed by atoms with E-state index in [0.29, 0.717) is 11.3 Å². The van der Waals surface area contributed by atoms with E-state index in [4.69, 9.17) is 0 Å². The molecule has 1 aliphatic rings. The molecule has 2 aromatic heterocycles. The summed E-state index contributed by atoms with van der Waals surface area (Å²) in [5.74, 6) is 0.630. The Morgan fingerprint density at radius 2 is 1.88 bits per heavy atom. The van der Waals surface area contributed by atoms with E-state index in [9.17, 15) is 9.59 Å². The van der Waals surface area contributed by atoms with E-state index in [0.717, 1.165) is 41.9 Å². The minimum atomic E-state index is -0.209. The molecule has 1 amide bonds. The lowest BCUT2D eigenvalue weighted by Crippen LogP contribution is -2.41. The number of carbonyl (C=O) groups excluding carboxylic acids is 1. The first-order valence-corrected chi connectivity index (χ1v) is 9.83. The Bertz CT molecular complexity index is 986. The highest BCUT2D eigenvalue weighted by atomic mass is 32.1. The van der Waals surface area contributed by atoms with Crippen molar-refractivity contribution in [2.24, 2.45) is 5.92 Å². The van der Waals surface area contributed by atoms with Crippen molar-refractivity contribution in [3.63, 3.8) is 0 Å². The molecular formula is C20H21N3O2S. The van der Waals surface area contributed by atoms with Crippen LogP contribution < -0.4 is 5.56 Å². The van der Waals surface area contributed by atoms with Gasteiger partial charge in [-0.2, -0.15) is 5.10 Å². The van der Waals surface area contributed by atoms with Crippen LogP contribution in [0.25, 0.3) is 21.3 Å². The van der Waals surface area contributed by atoms with E-state index >= 15 is 0 Å². The number of benzene rings is 1. The van der Waals surface area contributed by atoms with Gasteiger partial charge in [-0.3, -0.25) is 9.59 Å². The Morgan fingerprint density at radius 3 is 2.58 bits per heavy atom. The predicted octanol–water partition coefficient (Wildman–Crippen LogP) is 3.38. The molecule has 6 heteroatoms. The lowest BCUT2D eigenvalue weighted by atomic mass is 9.99. The van der Waals surface area contributed by atoms with E-state index in [1.54, 1.807) is 17.4 Å². The minimum Gasteiger partial charge on any atom is -0.341 e. The minimum absolute atomic E-state index is 0.00355. The van der Waals surface area contributed by atoms with Gasteiger partial charge >= 0.3 is 0 Å². The van der Waals surface area contributed by atoms with Crippen LogP contribution in [0.3, 0.4) is 0 Å². The number of thiophene rings is 1. The molecule has 26 heavy (non-hydrogen) atoms.